The van der Waals surface area contributed by atoms with Crippen molar-refractivity contribution < 1.29 is 24.2 Å². The van der Waals surface area contributed by atoms with Crippen LogP contribution in [0.1, 0.15) is 18.9 Å². The highest BCUT2D eigenvalue weighted by atomic mass is 16.5. The van der Waals surface area contributed by atoms with Crippen LogP contribution in [-0.2, 0) is 15.1 Å². The highest BCUT2D eigenvalue weighted by Crippen LogP contribution is 2.27. The van der Waals surface area contributed by atoms with Crippen molar-refractivity contribution in [3.05, 3.63) is 60.2 Å². The van der Waals surface area contributed by atoms with Crippen molar-refractivity contribution in [2.75, 3.05) is 13.7 Å². The molecule has 1 atom stereocenters. The van der Waals surface area contributed by atoms with E-state index in [1.54, 1.807) is 61.5 Å². The standard InChI is InChI=1S/C19H21NO5/c1-3-19(18(22)23,14-9-5-4-6-10-14)20-17(21)13-25-16-12-8-7-11-15(16)24-2/h4-12H,3,13H2,1-2H3,(H,20,21)(H,22,23). The van der Waals surface area contributed by atoms with Crippen LogP contribution in [0, 0.1) is 0 Å². The van der Waals surface area contributed by atoms with Crippen molar-refractivity contribution in [1.29, 1.82) is 0 Å². The first-order valence-corrected chi connectivity index (χ1v) is 7.89. The Morgan fingerprint density at radius 3 is 2.20 bits per heavy atom. The van der Waals surface area contributed by atoms with Gasteiger partial charge in [-0.05, 0) is 24.1 Å². The van der Waals surface area contributed by atoms with E-state index in [0.717, 1.165) is 0 Å². The molecule has 1 unspecified atom stereocenters. The molecule has 2 rings (SSSR count). The maximum atomic E-state index is 12.3. The van der Waals surface area contributed by atoms with Gasteiger partial charge in [0.25, 0.3) is 5.91 Å². The Labute approximate surface area is 146 Å². The Hall–Kier alpha value is -3.02. The number of methoxy groups -OCH3 is 1. The number of carbonyl (C=O) groups excluding carboxylic acids is 1. The summed E-state index contributed by atoms with van der Waals surface area (Å²) in [6.07, 6.45) is 0.201. The van der Waals surface area contributed by atoms with Crippen LogP contribution < -0.4 is 14.8 Å². The normalized spacial score (nSPS) is 12.7. The van der Waals surface area contributed by atoms with Gasteiger partial charge in [-0.2, -0.15) is 0 Å². The van der Waals surface area contributed by atoms with Crippen LogP contribution in [0.25, 0.3) is 0 Å². The minimum Gasteiger partial charge on any atom is -0.493 e. The van der Waals surface area contributed by atoms with Gasteiger partial charge in [0.1, 0.15) is 0 Å². The first-order chi connectivity index (χ1) is 12.0. The minimum absolute atomic E-state index is 0.201. The summed E-state index contributed by atoms with van der Waals surface area (Å²) in [4.78, 5) is 24.2. The van der Waals surface area contributed by atoms with Crippen LogP contribution in [0.15, 0.2) is 54.6 Å². The van der Waals surface area contributed by atoms with Gasteiger partial charge < -0.3 is 19.9 Å². The molecule has 0 radical (unpaired) electrons. The largest absolute Gasteiger partial charge is 0.493 e. The second kappa shape index (κ2) is 8.19. The molecule has 2 aromatic rings. The van der Waals surface area contributed by atoms with E-state index in [2.05, 4.69) is 5.32 Å². The molecule has 6 nitrogen and oxygen atoms in total. The lowest BCUT2D eigenvalue weighted by atomic mass is 9.87. The Bertz CT molecular complexity index is 732. The first-order valence-electron chi connectivity index (χ1n) is 7.89. The SMILES string of the molecule is CCC(NC(=O)COc1ccccc1OC)(C(=O)O)c1ccccc1. The number of carbonyl (C=O) groups is 2. The average molecular weight is 343 g/mol. The van der Waals surface area contributed by atoms with E-state index in [-0.39, 0.29) is 13.0 Å². The van der Waals surface area contributed by atoms with E-state index >= 15 is 0 Å². The number of nitrogens with one attached hydrogen (secondary N) is 1. The maximum absolute atomic E-state index is 12.3. The number of hydrogen-bond acceptors (Lipinski definition) is 4. The molecule has 0 saturated carbocycles. The van der Waals surface area contributed by atoms with Crippen LogP contribution in [0.5, 0.6) is 11.5 Å². The van der Waals surface area contributed by atoms with E-state index in [4.69, 9.17) is 9.47 Å². The molecule has 0 heterocycles. The molecule has 1 amide bonds. The summed E-state index contributed by atoms with van der Waals surface area (Å²) in [5.41, 5.74) is -0.988. The number of amides is 1. The molecule has 0 aromatic heterocycles. The number of aliphatic carboxylic acids is 1. The molecule has 0 bridgehead atoms. The topological polar surface area (TPSA) is 84.9 Å². The lowest BCUT2D eigenvalue weighted by molar-refractivity contribution is -0.148. The van der Waals surface area contributed by atoms with Crippen molar-refractivity contribution >= 4 is 11.9 Å². The van der Waals surface area contributed by atoms with E-state index in [1.165, 1.54) is 7.11 Å². The Morgan fingerprint density at radius 1 is 1.04 bits per heavy atom. The Balaban J connectivity index is 2.14. The van der Waals surface area contributed by atoms with Crippen LogP contribution in [0.3, 0.4) is 0 Å². The van der Waals surface area contributed by atoms with Crippen molar-refractivity contribution in [2.45, 2.75) is 18.9 Å². The fraction of sp³-hybridized carbons (Fsp3) is 0.263. The fourth-order valence-corrected chi connectivity index (χ4v) is 2.57. The number of rotatable bonds is 8. The van der Waals surface area contributed by atoms with Gasteiger partial charge in [-0.15, -0.1) is 0 Å². The summed E-state index contributed by atoms with van der Waals surface area (Å²) in [5.74, 6) is -0.735. The van der Waals surface area contributed by atoms with Crippen LogP contribution in [0.4, 0.5) is 0 Å². The highest BCUT2D eigenvalue weighted by molar-refractivity contribution is 5.88. The van der Waals surface area contributed by atoms with Gasteiger partial charge in [-0.3, -0.25) is 4.79 Å². The van der Waals surface area contributed by atoms with Crippen LogP contribution in [-0.4, -0.2) is 30.7 Å². The molecule has 132 valence electrons. The van der Waals surface area contributed by atoms with E-state index in [9.17, 15) is 14.7 Å². The third-order valence-corrected chi connectivity index (χ3v) is 3.94. The number of carboxylic acids is 1. The summed E-state index contributed by atoms with van der Waals surface area (Å²) in [6, 6.07) is 15.6. The monoisotopic (exact) mass is 343 g/mol. The summed E-state index contributed by atoms with van der Waals surface area (Å²) < 4.78 is 10.6. The zero-order valence-electron chi connectivity index (χ0n) is 14.2. The van der Waals surface area contributed by atoms with Gasteiger partial charge in [0, 0.05) is 0 Å². The van der Waals surface area contributed by atoms with E-state index in [1.807, 2.05) is 0 Å². The minimum atomic E-state index is -1.50. The summed E-state index contributed by atoms with van der Waals surface area (Å²) in [7, 11) is 1.50. The van der Waals surface area contributed by atoms with Gasteiger partial charge in [-0.1, -0.05) is 49.4 Å². The summed E-state index contributed by atoms with van der Waals surface area (Å²) in [6.45, 7) is 1.39. The second-order valence-corrected chi connectivity index (χ2v) is 5.42. The average Bonchev–Trinajstić information content (AvgIpc) is 2.65. The van der Waals surface area contributed by atoms with Crippen molar-refractivity contribution in [3.8, 4) is 11.5 Å². The molecule has 0 aliphatic carbocycles. The quantitative estimate of drug-likeness (QED) is 0.769. The molecule has 0 spiro atoms. The first kappa shape index (κ1) is 18.3. The molecular weight excluding hydrogens is 322 g/mol. The molecule has 0 fully saturated rings. The lowest BCUT2D eigenvalue weighted by Crippen LogP contribution is -2.52. The molecule has 0 aliphatic heterocycles. The maximum Gasteiger partial charge on any atom is 0.334 e. The van der Waals surface area contributed by atoms with Gasteiger partial charge in [-0.25, -0.2) is 4.79 Å². The number of benzene rings is 2. The van der Waals surface area contributed by atoms with Gasteiger partial charge in [0.2, 0.25) is 0 Å². The van der Waals surface area contributed by atoms with Gasteiger partial charge in [0.05, 0.1) is 7.11 Å². The zero-order chi connectivity index (χ0) is 18.3. The van der Waals surface area contributed by atoms with Gasteiger partial charge >= 0.3 is 5.97 Å². The number of para-hydroxylation sites is 2. The molecular formula is C19H21NO5. The summed E-state index contributed by atoms with van der Waals surface area (Å²) in [5, 5.41) is 12.3. The van der Waals surface area contributed by atoms with E-state index < -0.39 is 17.4 Å². The fourth-order valence-electron chi connectivity index (χ4n) is 2.57. The van der Waals surface area contributed by atoms with Crippen LogP contribution in [0.2, 0.25) is 0 Å². The number of ether oxygens (including phenoxy) is 2. The zero-order valence-corrected chi connectivity index (χ0v) is 14.2. The van der Waals surface area contributed by atoms with Crippen molar-refractivity contribution in [2.24, 2.45) is 0 Å². The van der Waals surface area contributed by atoms with E-state index in [0.29, 0.717) is 17.1 Å². The molecule has 2 N–H and O–H groups in total. The Kier molecular flexibility index (Phi) is 6.00. The molecule has 0 aliphatic rings. The third-order valence-electron chi connectivity index (χ3n) is 3.94. The second-order valence-electron chi connectivity index (χ2n) is 5.42. The van der Waals surface area contributed by atoms with Gasteiger partial charge in [0.15, 0.2) is 23.6 Å². The number of hydrogen-bond donors (Lipinski definition) is 2. The van der Waals surface area contributed by atoms with Crippen LogP contribution >= 0.6 is 0 Å². The molecule has 2 aromatic carbocycles. The smallest absolute Gasteiger partial charge is 0.334 e. The lowest BCUT2D eigenvalue weighted by Gasteiger charge is -2.30. The van der Waals surface area contributed by atoms with Crippen molar-refractivity contribution in [3.63, 3.8) is 0 Å². The predicted molar refractivity (Wildman–Crippen MR) is 92.7 cm³/mol. The Morgan fingerprint density at radius 2 is 1.64 bits per heavy atom. The molecule has 0 saturated heterocycles. The molecule has 25 heavy (non-hydrogen) atoms. The third kappa shape index (κ3) is 4.09. The predicted octanol–water partition coefficient (Wildman–Crippen LogP) is 2.58. The molecule has 6 heteroatoms. The summed E-state index contributed by atoms with van der Waals surface area (Å²) >= 11 is 0. The highest BCUT2D eigenvalue weighted by Gasteiger charge is 2.40. The number of carboxylic acid groups (broad SMARTS) is 1. The van der Waals surface area contributed by atoms with Crippen molar-refractivity contribution in [1.82, 2.24) is 5.32 Å².